The van der Waals surface area contributed by atoms with Crippen LogP contribution in [0.3, 0.4) is 0 Å². The molecule has 1 amide bonds. The van der Waals surface area contributed by atoms with Crippen LogP contribution in [0.15, 0.2) is 24.3 Å². The molecular formula is C13H16N6O2S. The molecule has 2 rings (SSSR count). The first-order valence-electron chi connectivity index (χ1n) is 6.57. The summed E-state index contributed by atoms with van der Waals surface area (Å²) < 4.78 is 5.52. The third kappa shape index (κ3) is 4.48. The van der Waals surface area contributed by atoms with Gasteiger partial charge in [-0.1, -0.05) is 5.10 Å². The molecule has 9 heteroatoms. The summed E-state index contributed by atoms with van der Waals surface area (Å²) in [6.45, 7) is 3.87. The first kappa shape index (κ1) is 15.8. The number of tetrazole rings is 1. The van der Waals surface area contributed by atoms with Crippen LogP contribution in [0.1, 0.15) is 24.2 Å². The van der Waals surface area contributed by atoms with Crippen LogP contribution in [0.25, 0.3) is 0 Å². The van der Waals surface area contributed by atoms with Crippen LogP contribution in [0.5, 0.6) is 5.75 Å². The van der Waals surface area contributed by atoms with Gasteiger partial charge in [-0.25, -0.2) is 0 Å². The molecule has 22 heavy (non-hydrogen) atoms. The second-order valence-electron chi connectivity index (χ2n) is 4.70. The minimum Gasteiger partial charge on any atom is -0.491 e. The molecule has 1 aromatic carbocycles. The second-order valence-corrected chi connectivity index (χ2v) is 5.11. The molecule has 1 heterocycles. The Balaban J connectivity index is 1.92. The molecule has 8 nitrogen and oxygen atoms in total. The lowest BCUT2D eigenvalue weighted by Crippen LogP contribution is -2.34. The van der Waals surface area contributed by atoms with E-state index in [4.69, 9.17) is 17.0 Å². The number of nitrogens with zero attached hydrogens (tertiary/aromatic N) is 4. The molecule has 116 valence electrons. The minimum atomic E-state index is -0.336. The third-order valence-electron chi connectivity index (χ3n) is 2.45. The first-order valence-corrected chi connectivity index (χ1v) is 6.98. The Kier molecular flexibility index (Phi) is 4.99. The molecule has 0 radical (unpaired) electrons. The molecule has 0 fully saturated rings. The van der Waals surface area contributed by atoms with Gasteiger partial charge in [0.15, 0.2) is 5.11 Å². The van der Waals surface area contributed by atoms with E-state index in [0.29, 0.717) is 11.3 Å². The molecule has 2 N–H and O–H groups in total. The van der Waals surface area contributed by atoms with Crippen LogP contribution >= 0.6 is 12.2 Å². The molecule has 0 aliphatic heterocycles. The zero-order valence-corrected chi connectivity index (χ0v) is 13.2. The number of hydrogen-bond acceptors (Lipinski definition) is 6. The number of amides is 1. The van der Waals surface area contributed by atoms with Crippen molar-refractivity contribution in [3.8, 4) is 5.75 Å². The molecule has 0 saturated heterocycles. The number of aryl methyl sites for hydroxylation is 1. The second kappa shape index (κ2) is 6.94. The molecular weight excluding hydrogens is 304 g/mol. The minimum absolute atomic E-state index is 0.0796. The summed E-state index contributed by atoms with van der Waals surface area (Å²) in [5, 5.41) is 16.6. The first-order chi connectivity index (χ1) is 10.4. The summed E-state index contributed by atoms with van der Waals surface area (Å²) in [6, 6.07) is 6.79. The smallest absolute Gasteiger partial charge is 0.269 e. The fourth-order valence-electron chi connectivity index (χ4n) is 1.60. The Morgan fingerprint density at radius 1 is 1.32 bits per heavy atom. The van der Waals surface area contributed by atoms with Crippen LogP contribution in [-0.2, 0) is 7.05 Å². The average Bonchev–Trinajstić information content (AvgIpc) is 2.83. The zero-order chi connectivity index (χ0) is 16.1. The summed E-state index contributed by atoms with van der Waals surface area (Å²) in [4.78, 5) is 13.3. The number of nitrogens with one attached hydrogen (secondary N) is 2. The molecule has 0 aliphatic rings. The summed E-state index contributed by atoms with van der Waals surface area (Å²) in [6.07, 6.45) is 0.0796. The summed E-state index contributed by atoms with van der Waals surface area (Å²) in [5.74, 6) is 0.585. The highest BCUT2D eigenvalue weighted by Gasteiger charge is 2.10. The molecule has 0 unspecified atom stereocenters. The van der Waals surface area contributed by atoms with E-state index in [1.165, 1.54) is 4.80 Å². The SMILES string of the molecule is CC(C)Oc1ccc(C(=O)NC(=S)Nc2nnn(C)n2)cc1. The van der Waals surface area contributed by atoms with Gasteiger partial charge in [-0.2, -0.15) is 4.80 Å². The van der Waals surface area contributed by atoms with Gasteiger partial charge in [0.25, 0.3) is 11.9 Å². The number of carbonyl (C=O) groups is 1. The van der Waals surface area contributed by atoms with Crippen LogP contribution in [0.4, 0.5) is 5.95 Å². The van der Waals surface area contributed by atoms with E-state index in [-0.39, 0.29) is 23.1 Å². The van der Waals surface area contributed by atoms with E-state index in [9.17, 15) is 4.79 Å². The maximum Gasteiger partial charge on any atom is 0.269 e. The summed E-state index contributed by atoms with van der Waals surface area (Å²) >= 11 is 5.02. The van der Waals surface area contributed by atoms with E-state index < -0.39 is 0 Å². The normalized spacial score (nSPS) is 10.4. The highest BCUT2D eigenvalue weighted by molar-refractivity contribution is 7.80. The molecule has 2 aromatic rings. The molecule has 0 saturated carbocycles. The van der Waals surface area contributed by atoms with Crippen LogP contribution in [0.2, 0.25) is 0 Å². The van der Waals surface area contributed by atoms with Crippen molar-refractivity contribution in [3.63, 3.8) is 0 Å². The van der Waals surface area contributed by atoms with Gasteiger partial charge in [0.2, 0.25) is 0 Å². The molecule has 1 aromatic heterocycles. The monoisotopic (exact) mass is 320 g/mol. The number of hydrogen-bond donors (Lipinski definition) is 2. The fourth-order valence-corrected chi connectivity index (χ4v) is 1.78. The van der Waals surface area contributed by atoms with Crippen molar-refractivity contribution in [1.82, 2.24) is 25.5 Å². The van der Waals surface area contributed by atoms with Gasteiger partial charge in [0, 0.05) is 5.56 Å². The van der Waals surface area contributed by atoms with E-state index >= 15 is 0 Å². The Hall–Kier alpha value is -2.55. The van der Waals surface area contributed by atoms with Crippen LogP contribution in [-0.4, -0.2) is 37.3 Å². The quantitative estimate of drug-likeness (QED) is 0.815. The number of carbonyl (C=O) groups excluding carboxylic acids is 1. The maximum absolute atomic E-state index is 12.0. The molecule has 0 atom stereocenters. The Bertz CT molecular complexity index is 667. The van der Waals surface area contributed by atoms with Gasteiger partial charge in [-0.15, -0.1) is 5.10 Å². The number of ether oxygens (including phenoxy) is 1. The van der Waals surface area contributed by atoms with Crippen molar-refractivity contribution >= 4 is 29.2 Å². The number of aromatic nitrogens is 4. The van der Waals surface area contributed by atoms with Gasteiger partial charge in [0.05, 0.1) is 13.2 Å². The van der Waals surface area contributed by atoms with Crippen molar-refractivity contribution in [2.45, 2.75) is 20.0 Å². The van der Waals surface area contributed by atoms with Crippen molar-refractivity contribution in [2.75, 3.05) is 5.32 Å². The van der Waals surface area contributed by atoms with E-state index in [1.807, 2.05) is 13.8 Å². The van der Waals surface area contributed by atoms with Crippen LogP contribution in [0, 0.1) is 0 Å². The zero-order valence-electron chi connectivity index (χ0n) is 12.4. The lowest BCUT2D eigenvalue weighted by Gasteiger charge is -2.10. The van der Waals surface area contributed by atoms with Gasteiger partial charge >= 0.3 is 0 Å². The predicted octanol–water partition coefficient (Wildman–Crippen LogP) is 1.12. The number of anilines is 1. The van der Waals surface area contributed by atoms with Crippen molar-refractivity contribution in [3.05, 3.63) is 29.8 Å². The Morgan fingerprint density at radius 3 is 2.55 bits per heavy atom. The van der Waals surface area contributed by atoms with Crippen molar-refractivity contribution < 1.29 is 9.53 Å². The van der Waals surface area contributed by atoms with Gasteiger partial charge in [0.1, 0.15) is 5.75 Å². The molecule has 0 spiro atoms. The van der Waals surface area contributed by atoms with Crippen LogP contribution < -0.4 is 15.4 Å². The van der Waals surface area contributed by atoms with E-state index in [2.05, 4.69) is 26.0 Å². The highest BCUT2D eigenvalue weighted by Crippen LogP contribution is 2.13. The van der Waals surface area contributed by atoms with Gasteiger partial charge in [-0.05, 0) is 55.5 Å². The van der Waals surface area contributed by atoms with E-state index in [0.717, 1.165) is 0 Å². The molecule has 0 aliphatic carbocycles. The maximum atomic E-state index is 12.0. The van der Waals surface area contributed by atoms with Gasteiger partial charge < -0.3 is 4.74 Å². The third-order valence-corrected chi connectivity index (χ3v) is 2.65. The number of thiocarbonyl (C=S) groups is 1. The van der Waals surface area contributed by atoms with E-state index in [1.54, 1.807) is 31.3 Å². The Morgan fingerprint density at radius 2 is 2.00 bits per heavy atom. The largest absolute Gasteiger partial charge is 0.491 e. The Labute approximate surface area is 132 Å². The molecule has 0 bridgehead atoms. The summed E-state index contributed by atoms with van der Waals surface area (Å²) in [7, 11) is 1.63. The standard InChI is InChI=1S/C13H16N6O2S/c1-8(2)21-10-6-4-9(5-7-10)11(20)14-13(22)15-12-16-18-19(3)17-12/h4-8H,1-3H3,(H2,14,15,17,20,22). The number of benzene rings is 1. The lowest BCUT2D eigenvalue weighted by molar-refractivity contribution is 0.0977. The highest BCUT2D eigenvalue weighted by atomic mass is 32.1. The van der Waals surface area contributed by atoms with Crippen molar-refractivity contribution in [2.24, 2.45) is 7.05 Å². The summed E-state index contributed by atoms with van der Waals surface area (Å²) in [5.41, 5.74) is 0.465. The fraction of sp³-hybridized carbons (Fsp3) is 0.308. The average molecular weight is 320 g/mol. The predicted molar refractivity (Wildman–Crippen MR) is 84.7 cm³/mol. The van der Waals surface area contributed by atoms with Gasteiger partial charge in [-0.3, -0.25) is 15.4 Å². The van der Waals surface area contributed by atoms with Crippen molar-refractivity contribution in [1.29, 1.82) is 0 Å². The number of rotatable bonds is 4. The topological polar surface area (TPSA) is 94.0 Å². The lowest BCUT2D eigenvalue weighted by atomic mass is 10.2.